The van der Waals surface area contributed by atoms with Gasteiger partial charge in [0, 0.05) is 0 Å². The summed E-state index contributed by atoms with van der Waals surface area (Å²) in [4.78, 5) is 28.6. The van der Waals surface area contributed by atoms with Crippen molar-refractivity contribution in [2.24, 2.45) is 0 Å². The van der Waals surface area contributed by atoms with Crippen molar-refractivity contribution < 1.29 is 18.8 Å². The van der Waals surface area contributed by atoms with Crippen LogP contribution in [0.25, 0.3) is 0 Å². The molecule has 8 nitrogen and oxygen atoms in total. The standard InChI is InChI=1S/C22H26N4O4P2/c1-21(2,3)25-31(27,29-19-11-7-17(15-23)8-12-19)26(22(4,5)6)32(25,28)30-20-13-9-18(16-24)10-14-20/h7-14H,1-6H3. The van der Waals surface area contributed by atoms with Crippen molar-refractivity contribution in [1.29, 1.82) is 10.5 Å². The molecule has 1 saturated heterocycles. The normalized spacial score (nSPS) is 24.2. The van der Waals surface area contributed by atoms with E-state index in [1.165, 1.54) is 8.88 Å². The van der Waals surface area contributed by atoms with Gasteiger partial charge in [0.05, 0.1) is 43.2 Å². The zero-order valence-corrected chi connectivity index (χ0v) is 20.7. The predicted molar refractivity (Wildman–Crippen MR) is 121 cm³/mol. The first kappa shape index (κ1) is 24.4. The summed E-state index contributed by atoms with van der Waals surface area (Å²) in [5.74, 6) is 0.584. The average Bonchev–Trinajstić information content (AvgIpc) is 2.66. The van der Waals surface area contributed by atoms with Crippen molar-refractivity contribution in [2.45, 2.75) is 52.6 Å². The minimum atomic E-state index is -3.83. The van der Waals surface area contributed by atoms with Gasteiger partial charge in [0.1, 0.15) is 0 Å². The number of nitrogens with zero attached hydrogens (tertiary/aromatic N) is 4. The lowest BCUT2D eigenvalue weighted by atomic mass is 10.1. The molecular weight excluding hydrogens is 446 g/mol. The first-order chi connectivity index (χ1) is 14.8. The Morgan fingerprint density at radius 2 is 0.938 bits per heavy atom. The van der Waals surface area contributed by atoms with Crippen LogP contribution in [0.2, 0.25) is 0 Å². The summed E-state index contributed by atoms with van der Waals surface area (Å²) >= 11 is 0. The van der Waals surface area contributed by atoms with Crippen LogP contribution in [-0.2, 0) is 0 Å². The maximum absolute atomic E-state index is 14.3. The van der Waals surface area contributed by atoms with Gasteiger partial charge in [-0.3, -0.25) is 0 Å². The van der Waals surface area contributed by atoms with E-state index in [1.54, 1.807) is 90.1 Å². The van der Waals surface area contributed by atoms with E-state index >= 15 is 0 Å². The Labute approximate surface area is 190 Å². The van der Waals surface area contributed by atoms with E-state index in [-0.39, 0.29) is 0 Å². The average molecular weight is 472 g/mol. The van der Waals surface area contributed by atoms with E-state index in [4.69, 9.17) is 19.6 Å². The number of rotatable bonds is 4. The third kappa shape index (κ3) is 4.32. The zero-order chi connectivity index (χ0) is 23.9. The maximum Gasteiger partial charge on any atom is 0.380 e. The van der Waals surface area contributed by atoms with E-state index in [9.17, 15) is 9.79 Å². The largest absolute Gasteiger partial charge is 0.613 e. The van der Waals surface area contributed by atoms with Crippen molar-refractivity contribution >= 4 is 16.0 Å². The van der Waals surface area contributed by atoms with E-state index in [2.05, 4.69) is 0 Å². The molecule has 0 unspecified atom stereocenters. The van der Waals surface area contributed by atoms with E-state index in [1.807, 2.05) is 12.1 Å². The van der Waals surface area contributed by atoms with Crippen molar-refractivity contribution in [1.82, 2.24) is 8.88 Å². The Kier molecular flexibility index (Phi) is 6.28. The van der Waals surface area contributed by atoms with Crippen molar-refractivity contribution in [3.05, 3.63) is 59.7 Å². The molecule has 32 heavy (non-hydrogen) atoms. The quantitative estimate of drug-likeness (QED) is 0.608. The molecule has 1 heterocycles. The summed E-state index contributed by atoms with van der Waals surface area (Å²) < 4.78 is 14.6. The minimum absolute atomic E-state index is 0.292. The fourth-order valence-electron chi connectivity index (χ4n) is 3.54. The lowest BCUT2D eigenvalue weighted by Gasteiger charge is -2.62. The third-order valence-electron chi connectivity index (χ3n) is 4.57. The van der Waals surface area contributed by atoms with Crippen LogP contribution in [0, 0.1) is 22.7 Å². The summed E-state index contributed by atoms with van der Waals surface area (Å²) in [6, 6.07) is 16.6. The first-order valence-corrected chi connectivity index (χ1v) is 13.0. The number of hydrogen-bond acceptors (Lipinski definition) is 8. The second kappa shape index (κ2) is 8.25. The molecule has 0 N–H and O–H groups in total. The lowest BCUT2D eigenvalue weighted by Crippen LogP contribution is -2.70. The number of nitriles is 2. The molecule has 3 rings (SSSR count). The highest BCUT2D eigenvalue weighted by Crippen LogP contribution is 2.93. The van der Waals surface area contributed by atoms with Gasteiger partial charge in [0.25, 0.3) is 0 Å². The Morgan fingerprint density at radius 3 is 1.16 bits per heavy atom. The molecule has 168 valence electrons. The Balaban J connectivity index is 2.05. The third-order valence-corrected chi connectivity index (χ3v) is 12.5. The zero-order valence-electron chi connectivity index (χ0n) is 18.9. The number of benzene rings is 2. The van der Waals surface area contributed by atoms with E-state index in [0.717, 1.165) is 0 Å². The van der Waals surface area contributed by atoms with Crippen LogP contribution in [0.1, 0.15) is 52.7 Å². The van der Waals surface area contributed by atoms with Crippen molar-refractivity contribution in [3.63, 3.8) is 0 Å². The fraction of sp³-hybridized carbons (Fsp3) is 0.364. The molecular formula is C22H26N4O4P2. The van der Waals surface area contributed by atoms with Crippen LogP contribution in [0.15, 0.2) is 48.5 Å². The molecule has 2 aromatic carbocycles. The SMILES string of the molecule is CC(C)(C)N1[P+]([O-])(Oc2ccc(C#N)cc2)N(C(C)(C)C)[P+]1([O-])Oc1ccc(C#N)cc1. The molecule has 0 amide bonds. The van der Waals surface area contributed by atoms with Crippen LogP contribution in [0.5, 0.6) is 11.5 Å². The molecule has 0 saturated carbocycles. The van der Waals surface area contributed by atoms with Crippen LogP contribution in [0.3, 0.4) is 0 Å². The molecule has 2 aromatic rings. The molecule has 1 aliphatic rings. The fourth-order valence-corrected chi connectivity index (χ4v) is 11.2. The van der Waals surface area contributed by atoms with Crippen LogP contribution in [-0.4, -0.2) is 20.0 Å². The maximum atomic E-state index is 14.3. The van der Waals surface area contributed by atoms with Gasteiger partial charge in [0.2, 0.25) is 0 Å². The summed E-state index contributed by atoms with van der Waals surface area (Å²) in [7, 11) is -7.66. The molecule has 10 heteroatoms. The van der Waals surface area contributed by atoms with Crippen molar-refractivity contribution in [3.8, 4) is 23.6 Å². The van der Waals surface area contributed by atoms with E-state index < -0.39 is 27.1 Å². The molecule has 1 fully saturated rings. The lowest BCUT2D eigenvalue weighted by molar-refractivity contribution is -0.261. The monoisotopic (exact) mass is 472 g/mol. The Morgan fingerprint density at radius 1 is 0.656 bits per heavy atom. The Bertz CT molecular complexity index is 969. The minimum Gasteiger partial charge on any atom is -0.613 e. The van der Waals surface area contributed by atoms with Crippen LogP contribution < -0.4 is 18.8 Å². The smallest absolute Gasteiger partial charge is 0.380 e. The van der Waals surface area contributed by atoms with Gasteiger partial charge in [-0.05, 0) is 90.1 Å². The van der Waals surface area contributed by atoms with Gasteiger partial charge >= 0.3 is 16.0 Å². The highest BCUT2D eigenvalue weighted by molar-refractivity contribution is 7.89. The van der Waals surface area contributed by atoms with Gasteiger partial charge < -0.3 is 18.8 Å². The number of hydrogen-bond donors (Lipinski definition) is 0. The first-order valence-electron chi connectivity index (χ1n) is 9.98. The van der Waals surface area contributed by atoms with Gasteiger partial charge in [-0.2, -0.15) is 10.5 Å². The van der Waals surface area contributed by atoms with Gasteiger partial charge in [-0.15, -0.1) is 0 Å². The second-order valence-electron chi connectivity index (χ2n) is 9.36. The second-order valence-corrected chi connectivity index (χ2v) is 13.9. The van der Waals surface area contributed by atoms with Crippen LogP contribution in [0.4, 0.5) is 0 Å². The van der Waals surface area contributed by atoms with Gasteiger partial charge in [0.15, 0.2) is 11.5 Å². The molecule has 0 radical (unpaired) electrons. The summed E-state index contributed by atoms with van der Waals surface area (Å²) in [5, 5.41) is 18.0. The molecule has 0 bridgehead atoms. The summed E-state index contributed by atoms with van der Waals surface area (Å²) in [5.41, 5.74) is -0.767. The van der Waals surface area contributed by atoms with Gasteiger partial charge in [-0.1, -0.05) is 0 Å². The Hall–Kier alpha value is -2.28. The van der Waals surface area contributed by atoms with E-state index in [0.29, 0.717) is 22.6 Å². The van der Waals surface area contributed by atoms with Crippen molar-refractivity contribution in [2.75, 3.05) is 0 Å². The van der Waals surface area contributed by atoms with Gasteiger partial charge in [-0.25, -0.2) is 0 Å². The molecule has 0 atom stereocenters. The molecule has 0 aromatic heterocycles. The predicted octanol–water partition coefficient (Wildman–Crippen LogP) is 4.18. The summed E-state index contributed by atoms with van der Waals surface area (Å²) in [6.07, 6.45) is 0. The highest BCUT2D eigenvalue weighted by Gasteiger charge is 2.86. The highest BCUT2D eigenvalue weighted by atomic mass is 31.3. The summed E-state index contributed by atoms with van der Waals surface area (Å²) in [6.45, 7) is 10.7. The molecule has 0 aliphatic carbocycles. The molecule has 1 aliphatic heterocycles. The molecule has 0 spiro atoms. The van der Waals surface area contributed by atoms with Crippen LogP contribution >= 0.6 is 16.0 Å². The topological polar surface area (TPSA) is 119 Å².